The maximum absolute atomic E-state index is 14.1. The van der Waals surface area contributed by atoms with E-state index in [4.69, 9.17) is 27.8 Å². The third-order valence-electron chi connectivity index (χ3n) is 10.2. The molecule has 338 valence electrons. The van der Waals surface area contributed by atoms with Crippen LogP contribution < -0.4 is 5.32 Å². The van der Waals surface area contributed by atoms with E-state index in [1.807, 2.05) is 54.6 Å². The maximum Gasteiger partial charge on any atom is 0.475 e. The smallest absolute Gasteiger partial charge is 0.466 e. The molecule has 11 nitrogen and oxygen atoms in total. The largest absolute Gasteiger partial charge is 0.475 e. The second kappa shape index (κ2) is 32.7. The Morgan fingerprint density at radius 2 is 0.967 bits per heavy atom. The van der Waals surface area contributed by atoms with Gasteiger partial charge in [-0.2, -0.15) is 0 Å². The third kappa shape index (κ3) is 24.9. The molecule has 0 bridgehead atoms. The molecular formula is C49H72NO10P. The lowest BCUT2D eigenvalue weighted by Gasteiger charge is -2.27. The van der Waals surface area contributed by atoms with E-state index in [9.17, 15) is 18.9 Å². The van der Waals surface area contributed by atoms with Crippen molar-refractivity contribution in [2.75, 3.05) is 13.2 Å². The molecule has 0 heterocycles. The van der Waals surface area contributed by atoms with Gasteiger partial charge >= 0.3 is 25.9 Å². The van der Waals surface area contributed by atoms with Crippen LogP contribution in [0.25, 0.3) is 0 Å². The summed E-state index contributed by atoms with van der Waals surface area (Å²) in [7, 11) is -4.35. The van der Waals surface area contributed by atoms with Gasteiger partial charge in [0.2, 0.25) is 0 Å². The molecule has 3 atom stereocenters. The first kappa shape index (κ1) is 51.3. The summed E-state index contributed by atoms with van der Waals surface area (Å²) in [5, 5.41) is 2.51. The summed E-state index contributed by atoms with van der Waals surface area (Å²) in [6.45, 7) is 3.87. The van der Waals surface area contributed by atoms with E-state index in [2.05, 4.69) is 12.2 Å². The quantitative estimate of drug-likeness (QED) is 0.0263. The number of carbonyl (C=O) groups excluding carboxylic acids is 3. The highest BCUT2D eigenvalue weighted by molar-refractivity contribution is 7.48. The number of carbonyl (C=O) groups is 3. The molecule has 0 aliphatic carbocycles. The van der Waals surface area contributed by atoms with Crippen LogP contribution in [0.3, 0.4) is 0 Å². The Kier molecular flexibility index (Phi) is 27.5. The minimum absolute atomic E-state index is 0.0391. The molecule has 3 rings (SSSR count). The molecular weight excluding hydrogens is 794 g/mol. The van der Waals surface area contributed by atoms with Gasteiger partial charge in [-0.3, -0.25) is 18.4 Å². The SMILES string of the molecule is CCCCCCCCCCCCCCCCCCOC(=O)CCCCOP(=O)(OCc1ccccc1)O[C@H](C)[C@H](NC(=O)OCc1ccccc1)C(=O)OCc1ccccc1. The molecule has 3 aromatic carbocycles. The number of phosphoric ester groups is 1. The first-order valence-corrected chi connectivity index (χ1v) is 24.2. The fourth-order valence-corrected chi connectivity index (χ4v) is 8.01. The Bertz CT molecular complexity index is 1630. The van der Waals surface area contributed by atoms with Gasteiger partial charge in [0.05, 0.1) is 25.9 Å². The number of alkyl carbamates (subject to hydrolysis) is 1. The molecule has 1 amide bonds. The van der Waals surface area contributed by atoms with Crippen LogP contribution in [-0.4, -0.2) is 43.4 Å². The van der Waals surface area contributed by atoms with Gasteiger partial charge in [-0.1, -0.05) is 194 Å². The predicted octanol–water partition coefficient (Wildman–Crippen LogP) is 12.7. The second-order valence-electron chi connectivity index (χ2n) is 15.6. The summed E-state index contributed by atoms with van der Waals surface area (Å²) in [6, 6.07) is 25.8. The molecule has 1 unspecified atom stereocenters. The van der Waals surface area contributed by atoms with Crippen molar-refractivity contribution in [3.05, 3.63) is 108 Å². The number of hydrogen-bond donors (Lipinski definition) is 1. The van der Waals surface area contributed by atoms with Gasteiger partial charge in [-0.25, -0.2) is 14.2 Å². The van der Waals surface area contributed by atoms with Gasteiger partial charge in [0.1, 0.15) is 13.2 Å². The van der Waals surface area contributed by atoms with Crippen LogP contribution >= 0.6 is 7.82 Å². The monoisotopic (exact) mass is 865 g/mol. The average Bonchev–Trinajstić information content (AvgIpc) is 3.28. The molecule has 1 N–H and O–H groups in total. The standard InChI is InChI=1S/C49H72NO10P/c1-3-4-5-6-7-8-9-10-11-12-13-14-15-16-17-28-37-55-46(51)36-27-29-38-58-61(54,59-41-45-34-25-20-26-35-45)60-42(2)47(48(52)56-39-43-30-21-18-22-31-43)50-49(53)57-40-44-32-23-19-24-33-44/h18-26,30-35,42,47H,3-17,27-29,36-41H2,1-2H3,(H,50,53)/t42-,47+,61?/m1/s1. The highest BCUT2D eigenvalue weighted by Gasteiger charge is 2.37. The molecule has 0 aliphatic heterocycles. The van der Waals surface area contributed by atoms with E-state index in [1.54, 1.807) is 36.4 Å². The van der Waals surface area contributed by atoms with Crippen molar-refractivity contribution in [2.45, 2.75) is 168 Å². The highest BCUT2D eigenvalue weighted by Crippen LogP contribution is 2.52. The van der Waals surface area contributed by atoms with Crippen molar-refractivity contribution in [3.63, 3.8) is 0 Å². The van der Waals surface area contributed by atoms with E-state index in [1.165, 1.54) is 90.4 Å². The van der Waals surface area contributed by atoms with Crippen molar-refractivity contribution in [2.24, 2.45) is 0 Å². The van der Waals surface area contributed by atoms with E-state index >= 15 is 0 Å². The van der Waals surface area contributed by atoms with E-state index in [0.29, 0.717) is 19.4 Å². The van der Waals surface area contributed by atoms with Crippen molar-refractivity contribution in [1.29, 1.82) is 0 Å². The van der Waals surface area contributed by atoms with Gasteiger partial charge < -0.3 is 19.5 Å². The Morgan fingerprint density at radius 3 is 1.48 bits per heavy atom. The Hall–Kier alpha value is -4.02. The molecule has 3 aromatic rings. The lowest BCUT2D eigenvalue weighted by Crippen LogP contribution is -2.49. The Balaban J connectivity index is 1.40. The zero-order valence-corrected chi connectivity index (χ0v) is 37.7. The number of ether oxygens (including phenoxy) is 3. The van der Waals surface area contributed by atoms with Crippen molar-refractivity contribution in [3.8, 4) is 0 Å². The van der Waals surface area contributed by atoms with Crippen molar-refractivity contribution >= 4 is 25.9 Å². The van der Waals surface area contributed by atoms with Gasteiger partial charge in [0.25, 0.3) is 0 Å². The fourth-order valence-electron chi connectivity index (χ4n) is 6.62. The van der Waals surface area contributed by atoms with Gasteiger partial charge in [-0.05, 0) is 42.9 Å². The van der Waals surface area contributed by atoms with Crippen LogP contribution in [0, 0.1) is 0 Å². The first-order valence-electron chi connectivity index (χ1n) is 22.7. The molecule has 0 fully saturated rings. The summed E-state index contributed by atoms with van der Waals surface area (Å²) in [5.74, 6) is -1.11. The number of esters is 2. The van der Waals surface area contributed by atoms with Crippen LogP contribution in [0.15, 0.2) is 91.0 Å². The molecule has 61 heavy (non-hydrogen) atoms. The Morgan fingerprint density at radius 1 is 0.525 bits per heavy atom. The van der Waals surface area contributed by atoms with Gasteiger partial charge in [-0.15, -0.1) is 0 Å². The number of rotatable bonds is 35. The van der Waals surface area contributed by atoms with E-state index in [0.717, 1.165) is 36.0 Å². The molecule has 12 heteroatoms. The van der Waals surface area contributed by atoms with Gasteiger partial charge in [0, 0.05) is 6.42 Å². The van der Waals surface area contributed by atoms with Crippen molar-refractivity contribution < 1.29 is 46.7 Å². The summed E-state index contributed by atoms with van der Waals surface area (Å²) in [6.07, 6.45) is 19.4. The minimum Gasteiger partial charge on any atom is -0.466 e. The molecule has 0 saturated carbocycles. The van der Waals surface area contributed by atoms with Crippen LogP contribution in [0.4, 0.5) is 4.79 Å². The summed E-state index contributed by atoms with van der Waals surface area (Å²) < 4.78 is 47.8. The molecule has 0 radical (unpaired) electrons. The van der Waals surface area contributed by atoms with Crippen LogP contribution in [-0.2, 0) is 61.8 Å². The molecule has 0 aliphatic rings. The lowest BCUT2D eigenvalue weighted by atomic mass is 10.0. The fraction of sp³-hybridized carbons (Fsp3) is 0.571. The number of unbranched alkanes of at least 4 members (excludes halogenated alkanes) is 16. The van der Waals surface area contributed by atoms with Crippen LogP contribution in [0.1, 0.15) is 153 Å². The minimum atomic E-state index is -4.35. The van der Waals surface area contributed by atoms with Gasteiger partial charge in [0.15, 0.2) is 6.04 Å². The van der Waals surface area contributed by atoms with Crippen LogP contribution in [0.2, 0.25) is 0 Å². The third-order valence-corrected chi connectivity index (χ3v) is 11.8. The molecule has 0 aromatic heterocycles. The number of nitrogens with one attached hydrogen (secondary N) is 1. The van der Waals surface area contributed by atoms with Crippen LogP contribution in [0.5, 0.6) is 0 Å². The molecule has 0 spiro atoms. The number of amides is 1. The topological polar surface area (TPSA) is 136 Å². The van der Waals surface area contributed by atoms with E-state index in [-0.39, 0.29) is 38.8 Å². The Labute approximate surface area is 365 Å². The second-order valence-corrected chi connectivity index (χ2v) is 17.2. The van der Waals surface area contributed by atoms with Crippen molar-refractivity contribution in [1.82, 2.24) is 5.32 Å². The molecule has 0 saturated heterocycles. The maximum atomic E-state index is 14.1. The zero-order chi connectivity index (χ0) is 43.6. The predicted molar refractivity (Wildman–Crippen MR) is 239 cm³/mol. The zero-order valence-electron chi connectivity index (χ0n) is 36.8. The highest BCUT2D eigenvalue weighted by atomic mass is 31.2. The summed E-state index contributed by atoms with van der Waals surface area (Å²) >= 11 is 0. The first-order chi connectivity index (χ1) is 29.8. The average molecular weight is 866 g/mol. The normalized spacial score (nSPS) is 13.1. The number of hydrogen-bond acceptors (Lipinski definition) is 10. The van der Waals surface area contributed by atoms with E-state index < -0.39 is 32.0 Å². The summed E-state index contributed by atoms with van der Waals surface area (Å²) in [4.78, 5) is 38.8. The summed E-state index contributed by atoms with van der Waals surface area (Å²) in [5.41, 5.74) is 2.20. The number of phosphoric acid groups is 1. The lowest BCUT2D eigenvalue weighted by molar-refractivity contribution is -0.150. The number of benzene rings is 3.